The molecule has 1 unspecified atom stereocenters. The molecule has 0 bridgehead atoms. The van der Waals surface area contributed by atoms with Crippen molar-refractivity contribution in [3.05, 3.63) is 24.3 Å². The first-order valence-corrected chi connectivity index (χ1v) is 9.39. The lowest BCUT2D eigenvalue weighted by molar-refractivity contribution is 0.201. The second kappa shape index (κ2) is 7.00. The quantitative estimate of drug-likeness (QED) is 0.794. The third-order valence-electron chi connectivity index (χ3n) is 3.43. The number of aliphatic hydroxyl groups excluding tert-OH is 1. The lowest BCUT2D eigenvalue weighted by Gasteiger charge is -2.22. The van der Waals surface area contributed by atoms with E-state index in [1.807, 2.05) is 11.8 Å². The number of sulfonamides is 1. The fourth-order valence-corrected chi connectivity index (χ4v) is 4.69. The van der Waals surface area contributed by atoms with E-state index in [1.54, 1.807) is 12.1 Å². The van der Waals surface area contributed by atoms with Gasteiger partial charge in [-0.15, -0.1) is 0 Å². The van der Waals surface area contributed by atoms with Crippen LogP contribution in [-0.2, 0) is 10.0 Å². The Hall–Kier alpha value is -0.760. The van der Waals surface area contributed by atoms with Crippen LogP contribution in [0.1, 0.15) is 19.8 Å². The average molecular weight is 331 g/mol. The van der Waals surface area contributed by atoms with E-state index >= 15 is 0 Å². The molecule has 118 valence electrons. The highest BCUT2D eigenvalue weighted by Crippen LogP contribution is 2.37. The van der Waals surface area contributed by atoms with E-state index in [-0.39, 0.29) is 22.9 Å². The Morgan fingerprint density at radius 3 is 2.67 bits per heavy atom. The van der Waals surface area contributed by atoms with Crippen LogP contribution in [-0.4, -0.2) is 43.8 Å². The number of nitrogens with one attached hydrogen (secondary N) is 1. The van der Waals surface area contributed by atoms with E-state index in [2.05, 4.69) is 11.6 Å². The summed E-state index contributed by atoms with van der Waals surface area (Å²) in [7, 11) is -3.49. The molecule has 7 heteroatoms. The van der Waals surface area contributed by atoms with Crippen LogP contribution in [0.3, 0.4) is 0 Å². The molecule has 1 aliphatic rings. The lowest BCUT2D eigenvalue weighted by atomic mass is 10.1. The second-order valence-electron chi connectivity index (χ2n) is 5.27. The maximum atomic E-state index is 12.3. The molecule has 2 N–H and O–H groups in total. The molecule has 2 rings (SSSR count). The molecule has 1 atom stereocenters. The van der Waals surface area contributed by atoms with Crippen molar-refractivity contribution in [2.75, 3.05) is 25.5 Å². The van der Waals surface area contributed by atoms with Gasteiger partial charge in [-0.2, -0.15) is 11.8 Å². The minimum atomic E-state index is -3.49. The van der Waals surface area contributed by atoms with Crippen LogP contribution in [0.4, 0.5) is 0 Å². The minimum Gasteiger partial charge on any atom is -0.491 e. The van der Waals surface area contributed by atoms with Gasteiger partial charge in [0.1, 0.15) is 12.4 Å². The van der Waals surface area contributed by atoms with Gasteiger partial charge in [-0.1, -0.05) is 0 Å². The molecule has 1 fully saturated rings. The van der Waals surface area contributed by atoms with Gasteiger partial charge >= 0.3 is 0 Å². The van der Waals surface area contributed by atoms with E-state index < -0.39 is 10.0 Å². The van der Waals surface area contributed by atoms with E-state index in [0.29, 0.717) is 12.3 Å². The SMILES string of the molecule is CC1(CNS(=O)(=O)c2ccc(OCCO)cc2)CCCS1. The number of thioether (sulfide) groups is 1. The highest BCUT2D eigenvalue weighted by atomic mass is 32.2. The van der Waals surface area contributed by atoms with Crippen molar-refractivity contribution < 1.29 is 18.3 Å². The molecule has 1 aromatic carbocycles. The predicted molar refractivity (Wildman–Crippen MR) is 84.3 cm³/mol. The van der Waals surface area contributed by atoms with Crippen molar-refractivity contribution in [2.24, 2.45) is 0 Å². The molecule has 1 aliphatic heterocycles. The summed E-state index contributed by atoms with van der Waals surface area (Å²) in [6, 6.07) is 6.21. The van der Waals surface area contributed by atoms with Crippen LogP contribution >= 0.6 is 11.8 Å². The number of aliphatic hydroxyl groups is 1. The van der Waals surface area contributed by atoms with Gasteiger partial charge in [0, 0.05) is 11.3 Å². The summed E-state index contributed by atoms with van der Waals surface area (Å²) < 4.78 is 32.4. The van der Waals surface area contributed by atoms with Crippen LogP contribution < -0.4 is 9.46 Å². The van der Waals surface area contributed by atoms with Crippen molar-refractivity contribution in [2.45, 2.75) is 29.4 Å². The zero-order valence-electron chi connectivity index (χ0n) is 12.0. The molecule has 1 saturated heterocycles. The van der Waals surface area contributed by atoms with E-state index in [1.165, 1.54) is 12.1 Å². The molecule has 0 aromatic heterocycles. The Morgan fingerprint density at radius 2 is 2.10 bits per heavy atom. The summed E-state index contributed by atoms with van der Waals surface area (Å²) >= 11 is 1.82. The van der Waals surface area contributed by atoms with E-state index in [4.69, 9.17) is 9.84 Å². The first-order chi connectivity index (χ1) is 9.95. The Morgan fingerprint density at radius 1 is 1.38 bits per heavy atom. The van der Waals surface area contributed by atoms with Crippen LogP contribution in [0.25, 0.3) is 0 Å². The summed E-state index contributed by atoms with van der Waals surface area (Å²) in [4.78, 5) is 0.227. The van der Waals surface area contributed by atoms with Crippen molar-refractivity contribution >= 4 is 21.8 Å². The van der Waals surface area contributed by atoms with Gasteiger partial charge in [0.25, 0.3) is 0 Å². The second-order valence-corrected chi connectivity index (χ2v) is 8.72. The van der Waals surface area contributed by atoms with Gasteiger partial charge in [-0.25, -0.2) is 13.1 Å². The van der Waals surface area contributed by atoms with E-state index in [9.17, 15) is 8.42 Å². The lowest BCUT2D eigenvalue weighted by Crippen LogP contribution is -2.36. The summed E-state index contributed by atoms with van der Waals surface area (Å²) in [6.45, 7) is 2.67. The van der Waals surface area contributed by atoms with Gasteiger partial charge in [0.15, 0.2) is 0 Å². The molecule has 1 heterocycles. The number of hydrogen-bond acceptors (Lipinski definition) is 5. The van der Waals surface area contributed by atoms with Gasteiger partial charge in [-0.05, 0) is 49.8 Å². The molecule has 0 radical (unpaired) electrons. The summed E-state index contributed by atoms with van der Waals surface area (Å²) in [5.74, 6) is 1.64. The Balaban J connectivity index is 1.98. The fourth-order valence-electron chi connectivity index (χ4n) is 2.19. The summed E-state index contributed by atoms with van der Waals surface area (Å²) in [5.41, 5.74) is 0. The number of rotatable bonds is 7. The largest absolute Gasteiger partial charge is 0.491 e. The molecular weight excluding hydrogens is 310 g/mol. The average Bonchev–Trinajstić information content (AvgIpc) is 2.91. The number of ether oxygens (including phenoxy) is 1. The molecule has 5 nitrogen and oxygen atoms in total. The van der Waals surface area contributed by atoms with Gasteiger partial charge in [0.05, 0.1) is 11.5 Å². The minimum absolute atomic E-state index is 0.00273. The molecule has 0 spiro atoms. The normalized spacial score (nSPS) is 22.4. The molecule has 1 aromatic rings. The maximum absolute atomic E-state index is 12.3. The highest BCUT2D eigenvalue weighted by Gasteiger charge is 2.31. The van der Waals surface area contributed by atoms with Gasteiger partial charge in [0.2, 0.25) is 10.0 Å². The van der Waals surface area contributed by atoms with Crippen LogP contribution in [0.5, 0.6) is 5.75 Å². The zero-order valence-corrected chi connectivity index (χ0v) is 13.7. The standard InChI is InChI=1S/C14H21NO4S2/c1-14(7-2-10-20-14)11-15-21(17,18)13-5-3-12(4-6-13)19-9-8-16/h3-6,15-16H,2,7-11H2,1H3. The maximum Gasteiger partial charge on any atom is 0.240 e. The molecule has 21 heavy (non-hydrogen) atoms. The first-order valence-electron chi connectivity index (χ1n) is 6.93. The Labute approximate surface area is 130 Å². The molecule has 0 aliphatic carbocycles. The number of hydrogen-bond donors (Lipinski definition) is 2. The predicted octanol–water partition coefficient (Wildman–Crippen LogP) is 1.62. The molecular formula is C14H21NO4S2. The smallest absolute Gasteiger partial charge is 0.240 e. The fraction of sp³-hybridized carbons (Fsp3) is 0.571. The zero-order chi connectivity index (χ0) is 15.3. The third-order valence-corrected chi connectivity index (χ3v) is 6.39. The Kier molecular flexibility index (Phi) is 5.54. The van der Waals surface area contributed by atoms with E-state index in [0.717, 1.165) is 18.6 Å². The van der Waals surface area contributed by atoms with Crippen molar-refractivity contribution in [1.29, 1.82) is 0 Å². The van der Waals surface area contributed by atoms with Crippen molar-refractivity contribution in [3.63, 3.8) is 0 Å². The summed E-state index contributed by atoms with van der Waals surface area (Å²) in [5, 5.41) is 8.68. The third kappa shape index (κ3) is 4.60. The summed E-state index contributed by atoms with van der Waals surface area (Å²) in [6.07, 6.45) is 2.17. The number of benzene rings is 1. The highest BCUT2D eigenvalue weighted by molar-refractivity contribution is 8.01. The first kappa shape index (κ1) is 16.6. The monoisotopic (exact) mass is 331 g/mol. The topological polar surface area (TPSA) is 75.6 Å². The van der Waals surface area contributed by atoms with Gasteiger partial charge in [-0.3, -0.25) is 0 Å². The van der Waals surface area contributed by atoms with Crippen LogP contribution in [0.2, 0.25) is 0 Å². The molecule has 0 saturated carbocycles. The van der Waals surface area contributed by atoms with Crippen molar-refractivity contribution in [1.82, 2.24) is 4.72 Å². The van der Waals surface area contributed by atoms with Crippen molar-refractivity contribution in [3.8, 4) is 5.75 Å². The van der Waals surface area contributed by atoms with Gasteiger partial charge < -0.3 is 9.84 Å². The molecule has 0 amide bonds. The Bertz CT molecular complexity index is 551. The van der Waals surface area contributed by atoms with Crippen LogP contribution in [0, 0.1) is 0 Å². The van der Waals surface area contributed by atoms with Crippen LogP contribution in [0.15, 0.2) is 29.2 Å².